The van der Waals surface area contributed by atoms with Crippen LogP contribution in [0.3, 0.4) is 0 Å². The topological polar surface area (TPSA) is 87.8 Å². The molecule has 0 aliphatic carbocycles. The summed E-state index contributed by atoms with van der Waals surface area (Å²) in [5.41, 5.74) is 1.62. The lowest BCUT2D eigenvalue weighted by Gasteiger charge is -2.08. The Morgan fingerprint density at radius 2 is 1.92 bits per heavy atom. The highest BCUT2D eigenvalue weighted by molar-refractivity contribution is 5.90. The number of nitrogens with zero attached hydrogens (tertiary/aromatic N) is 3. The van der Waals surface area contributed by atoms with E-state index in [9.17, 15) is 9.59 Å². The van der Waals surface area contributed by atoms with Crippen molar-refractivity contribution in [2.45, 2.75) is 13.0 Å². The summed E-state index contributed by atoms with van der Waals surface area (Å²) < 4.78 is 1.43. The second-order valence-corrected chi connectivity index (χ2v) is 5.25. The highest BCUT2D eigenvalue weighted by Gasteiger charge is 2.07. The molecule has 0 spiro atoms. The van der Waals surface area contributed by atoms with Crippen molar-refractivity contribution in [3.8, 4) is 6.07 Å². The van der Waals surface area contributed by atoms with Gasteiger partial charge in [-0.1, -0.05) is 12.1 Å². The molecule has 1 N–H and O–H groups in total. The average Bonchev–Trinajstić information content (AvgIpc) is 2.62. The lowest BCUT2D eigenvalue weighted by atomic mass is 10.2. The van der Waals surface area contributed by atoms with Crippen LogP contribution < -0.4 is 10.9 Å². The molecule has 0 atom stereocenters. The van der Waals surface area contributed by atoms with Gasteiger partial charge in [0, 0.05) is 18.7 Å². The van der Waals surface area contributed by atoms with E-state index in [1.165, 1.54) is 10.9 Å². The number of amides is 1. The highest BCUT2D eigenvalue weighted by Crippen LogP contribution is 2.09. The van der Waals surface area contributed by atoms with E-state index >= 15 is 0 Å². The van der Waals surface area contributed by atoms with Crippen LogP contribution in [0.25, 0.3) is 10.9 Å². The van der Waals surface area contributed by atoms with Crippen LogP contribution in [0.5, 0.6) is 0 Å². The molecule has 118 valence electrons. The van der Waals surface area contributed by atoms with Crippen molar-refractivity contribution in [1.29, 1.82) is 5.26 Å². The van der Waals surface area contributed by atoms with Gasteiger partial charge in [0.15, 0.2) is 0 Å². The summed E-state index contributed by atoms with van der Waals surface area (Å²) in [6.07, 6.45) is 1.61. The van der Waals surface area contributed by atoms with Crippen molar-refractivity contribution in [1.82, 2.24) is 9.55 Å². The summed E-state index contributed by atoms with van der Waals surface area (Å²) >= 11 is 0. The maximum Gasteiger partial charge on any atom is 0.261 e. The van der Waals surface area contributed by atoms with Crippen LogP contribution in [0.1, 0.15) is 12.0 Å². The van der Waals surface area contributed by atoms with Gasteiger partial charge in [-0.05, 0) is 36.4 Å². The summed E-state index contributed by atoms with van der Waals surface area (Å²) in [5, 5.41) is 12.0. The van der Waals surface area contributed by atoms with Gasteiger partial charge in [0.05, 0.1) is 28.9 Å². The smallest absolute Gasteiger partial charge is 0.261 e. The Hall–Kier alpha value is -3.46. The first-order valence-corrected chi connectivity index (χ1v) is 7.41. The standard InChI is InChI=1S/C18H14N4O2/c19-11-13-5-7-14(8-6-13)21-17(23)9-10-22-12-20-16-4-2-1-3-15(16)18(22)24/h1-8,12H,9-10H2,(H,21,23). The Morgan fingerprint density at radius 1 is 1.17 bits per heavy atom. The molecule has 6 nitrogen and oxygen atoms in total. The highest BCUT2D eigenvalue weighted by atomic mass is 16.1. The van der Waals surface area contributed by atoms with E-state index < -0.39 is 0 Å². The number of nitrogens with one attached hydrogen (secondary N) is 1. The first kappa shape index (κ1) is 15.4. The number of aryl methyl sites for hydroxylation is 1. The van der Waals surface area contributed by atoms with Crippen LogP contribution in [0.15, 0.2) is 59.7 Å². The summed E-state index contributed by atoms with van der Waals surface area (Å²) in [6.45, 7) is 0.249. The number of para-hydroxylation sites is 1. The maximum atomic E-state index is 12.3. The zero-order valence-corrected chi connectivity index (χ0v) is 12.8. The Morgan fingerprint density at radius 3 is 2.67 bits per heavy atom. The van der Waals surface area contributed by atoms with E-state index in [0.29, 0.717) is 22.2 Å². The van der Waals surface area contributed by atoms with Crippen molar-refractivity contribution in [2.75, 3.05) is 5.32 Å². The second-order valence-electron chi connectivity index (χ2n) is 5.25. The first-order chi connectivity index (χ1) is 11.7. The molecule has 1 amide bonds. The summed E-state index contributed by atoms with van der Waals surface area (Å²) in [4.78, 5) is 28.6. The minimum atomic E-state index is -0.209. The Bertz CT molecular complexity index is 984. The van der Waals surface area contributed by atoms with Crippen molar-refractivity contribution in [3.05, 3.63) is 70.8 Å². The third-order valence-electron chi connectivity index (χ3n) is 3.61. The zero-order valence-electron chi connectivity index (χ0n) is 12.8. The Labute approximate surface area is 138 Å². The van der Waals surface area contributed by atoms with Gasteiger partial charge >= 0.3 is 0 Å². The quantitative estimate of drug-likeness (QED) is 0.799. The maximum absolute atomic E-state index is 12.3. The van der Waals surface area contributed by atoms with Gasteiger partial charge in [-0.2, -0.15) is 5.26 Å². The van der Waals surface area contributed by atoms with Gasteiger partial charge in [-0.3, -0.25) is 14.2 Å². The van der Waals surface area contributed by atoms with Crippen LogP contribution in [0.2, 0.25) is 0 Å². The molecule has 1 heterocycles. The predicted octanol–water partition coefficient (Wildman–Crippen LogP) is 2.30. The van der Waals surface area contributed by atoms with Crippen LogP contribution >= 0.6 is 0 Å². The zero-order chi connectivity index (χ0) is 16.9. The molecule has 3 rings (SSSR count). The van der Waals surface area contributed by atoms with Crippen LogP contribution in [-0.4, -0.2) is 15.5 Å². The summed E-state index contributed by atoms with van der Waals surface area (Å²) in [5.74, 6) is -0.209. The van der Waals surface area contributed by atoms with Gasteiger partial charge in [0.2, 0.25) is 5.91 Å². The van der Waals surface area contributed by atoms with Gasteiger partial charge < -0.3 is 5.32 Å². The molecule has 0 saturated heterocycles. The van der Waals surface area contributed by atoms with Crippen molar-refractivity contribution in [2.24, 2.45) is 0 Å². The fraction of sp³-hybridized carbons (Fsp3) is 0.111. The van der Waals surface area contributed by atoms with Gasteiger partial charge in [-0.15, -0.1) is 0 Å². The molecule has 24 heavy (non-hydrogen) atoms. The van der Waals surface area contributed by atoms with Gasteiger partial charge in [-0.25, -0.2) is 4.98 Å². The number of nitriles is 1. The number of carbonyl (C=O) groups excluding carboxylic acids is 1. The first-order valence-electron chi connectivity index (χ1n) is 7.41. The largest absolute Gasteiger partial charge is 0.326 e. The van der Waals surface area contributed by atoms with Crippen molar-refractivity contribution in [3.63, 3.8) is 0 Å². The fourth-order valence-electron chi connectivity index (χ4n) is 2.34. The third kappa shape index (κ3) is 3.31. The lowest BCUT2D eigenvalue weighted by molar-refractivity contribution is -0.116. The van der Waals surface area contributed by atoms with E-state index in [0.717, 1.165) is 0 Å². The van der Waals surface area contributed by atoms with E-state index in [4.69, 9.17) is 5.26 Å². The number of carbonyl (C=O) groups is 1. The third-order valence-corrected chi connectivity index (χ3v) is 3.61. The number of hydrogen-bond acceptors (Lipinski definition) is 4. The normalized spacial score (nSPS) is 10.3. The molecule has 6 heteroatoms. The number of fused-ring (bicyclic) bond motifs is 1. The molecule has 0 aliphatic heterocycles. The molecular weight excluding hydrogens is 304 g/mol. The van der Waals surface area contributed by atoms with Gasteiger partial charge in [0.1, 0.15) is 0 Å². The van der Waals surface area contributed by atoms with Crippen LogP contribution in [-0.2, 0) is 11.3 Å². The molecule has 1 aromatic heterocycles. The van der Waals surface area contributed by atoms with Gasteiger partial charge in [0.25, 0.3) is 5.56 Å². The molecule has 0 unspecified atom stereocenters. The van der Waals surface area contributed by atoms with E-state index in [1.807, 2.05) is 12.1 Å². The number of aromatic nitrogens is 2. The Balaban J connectivity index is 1.67. The SMILES string of the molecule is N#Cc1ccc(NC(=O)CCn2cnc3ccccc3c2=O)cc1. The average molecular weight is 318 g/mol. The molecule has 0 radical (unpaired) electrons. The summed E-state index contributed by atoms with van der Waals surface area (Å²) in [6, 6.07) is 15.7. The minimum Gasteiger partial charge on any atom is -0.326 e. The van der Waals surface area contributed by atoms with E-state index in [2.05, 4.69) is 10.3 Å². The monoisotopic (exact) mass is 318 g/mol. The molecule has 0 fully saturated rings. The molecular formula is C18H14N4O2. The fourth-order valence-corrected chi connectivity index (χ4v) is 2.34. The van der Waals surface area contributed by atoms with E-state index in [1.54, 1.807) is 42.5 Å². The second kappa shape index (κ2) is 6.75. The molecule has 0 aliphatic rings. The van der Waals surface area contributed by atoms with Crippen molar-refractivity contribution < 1.29 is 4.79 Å². The molecule has 3 aromatic rings. The van der Waals surface area contributed by atoms with Crippen molar-refractivity contribution >= 4 is 22.5 Å². The van der Waals surface area contributed by atoms with E-state index in [-0.39, 0.29) is 24.4 Å². The minimum absolute atomic E-state index is 0.153. The number of hydrogen-bond donors (Lipinski definition) is 1. The Kier molecular flexibility index (Phi) is 4.34. The van der Waals surface area contributed by atoms with Crippen LogP contribution in [0, 0.1) is 11.3 Å². The van der Waals surface area contributed by atoms with Crippen LogP contribution in [0.4, 0.5) is 5.69 Å². The molecule has 0 bridgehead atoms. The summed E-state index contributed by atoms with van der Waals surface area (Å²) in [7, 11) is 0. The predicted molar refractivity (Wildman–Crippen MR) is 90.4 cm³/mol. The lowest BCUT2D eigenvalue weighted by Crippen LogP contribution is -2.23. The molecule has 0 saturated carbocycles. The number of rotatable bonds is 4. The number of anilines is 1. The molecule has 2 aromatic carbocycles. The number of benzene rings is 2.